The van der Waals surface area contributed by atoms with Crippen molar-refractivity contribution in [1.29, 1.82) is 0 Å². The molecule has 0 radical (unpaired) electrons. The summed E-state index contributed by atoms with van der Waals surface area (Å²) in [5, 5.41) is 28.5. The highest BCUT2D eigenvalue weighted by Gasteiger charge is 2.46. The van der Waals surface area contributed by atoms with Crippen molar-refractivity contribution >= 4 is 30.5 Å². The summed E-state index contributed by atoms with van der Waals surface area (Å²) in [6, 6.07) is 4.56. The number of aliphatic carboxylic acids is 2. The molecule has 138 valence electrons. The molecule has 0 aliphatic carbocycles. The van der Waals surface area contributed by atoms with Crippen LogP contribution in [0.4, 0.5) is 0 Å². The predicted octanol–water partition coefficient (Wildman–Crippen LogP) is 3.09. The standard InChI is InChI=1S/C18H24O6S/c1-17(2,3)13-8-11(7-12(9-13)14(19)20)10-18(15(21)22,16(23)24)5-4-6-25/h7-9,25H,4-6,10H2,1-3H3,(H,19,20)(H,21,22)(H,23,24). The molecule has 0 amide bonds. The third-order valence-electron chi connectivity index (χ3n) is 4.19. The number of hydrogen-bond acceptors (Lipinski definition) is 4. The number of aromatic carboxylic acids is 1. The van der Waals surface area contributed by atoms with E-state index >= 15 is 0 Å². The summed E-state index contributed by atoms with van der Waals surface area (Å²) in [5.74, 6) is -3.64. The molecule has 1 aromatic carbocycles. The Bertz CT molecular complexity index is 661. The maximum absolute atomic E-state index is 11.8. The molecule has 0 spiro atoms. The van der Waals surface area contributed by atoms with Crippen molar-refractivity contribution in [3.63, 3.8) is 0 Å². The van der Waals surface area contributed by atoms with E-state index in [1.54, 1.807) is 6.07 Å². The molecule has 0 heterocycles. The fourth-order valence-corrected chi connectivity index (χ4v) is 2.78. The van der Waals surface area contributed by atoms with Crippen molar-refractivity contribution in [2.24, 2.45) is 5.41 Å². The lowest BCUT2D eigenvalue weighted by atomic mass is 9.76. The Balaban J connectivity index is 3.46. The summed E-state index contributed by atoms with van der Waals surface area (Å²) in [7, 11) is 0. The van der Waals surface area contributed by atoms with Crippen LogP contribution in [0.15, 0.2) is 18.2 Å². The van der Waals surface area contributed by atoms with E-state index in [9.17, 15) is 29.7 Å². The Labute approximate surface area is 152 Å². The third-order valence-corrected chi connectivity index (χ3v) is 4.51. The second-order valence-electron chi connectivity index (χ2n) is 7.17. The molecule has 0 bridgehead atoms. The fourth-order valence-electron chi connectivity index (χ4n) is 2.62. The summed E-state index contributed by atoms with van der Waals surface area (Å²) in [6.07, 6.45) is -0.0363. The summed E-state index contributed by atoms with van der Waals surface area (Å²) in [6.45, 7) is 5.71. The van der Waals surface area contributed by atoms with Crippen LogP contribution in [0.3, 0.4) is 0 Å². The lowest BCUT2D eigenvalue weighted by Gasteiger charge is -2.26. The van der Waals surface area contributed by atoms with E-state index in [0.29, 0.717) is 23.3 Å². The number of hydrogen-bond donors (Lipinski definition) is 4. The van der Waals surface area contributed by atoms with E-state index in [-0.39, 0.29) is 23.8 Å². The van der Waals surface area contributed by atoms with E-state index in [4.69, 9.17) is 0 Å². The molecule has 0 aliphatic heterocycles. The molecule has 7 heteroatoms. The van der Waals surface area contributed by atoms with E-state index in [1.165, 1.54) is 12.1 Å². The van der Waals surface area contributed by atoms with Gasteiger partial charge < -0.3 is 15.3 Å². The van der Waals surface area contributed by atoms with Crippen molar-refractivity contribution in [2.75, 3.05) is 5.75 Å². The van der Waals surface area contributed by atoms with Crippen LogP contribution in [-0.2, 0) is 21.4 Å². The predicted molar refractivity (Wildman–Crippen MR) is 96.6 cm³/mol. The lowest BCUT2D eigenvalue weighted by Crippen LogP contribution is -2.41. The number of rotatable bonds is 8. The molecule has 25 heavy (non-hydrogen) atoms. The molecule has 1 aromatic rings. The molecular formula is C18H24O6S. The van der Waals surface area contributed by atoms with E-state index < -0.39 is 23.3 Å². The van der Waals surface area contributed by atoms with E-state index in [2.05, 4.69) is 12.6 Å². The summed E-state index contributed by atoms with van der Waals surface area (Å²) in [4.78, 5) is 34.9. The van der Waals surface area contributed by atoms with Gasteiger partial charge in [-0.3, -0.25) is 9.59 Å². The fraction of sp³-hybridized carbons (Fsp3) is 0.500. The van der Waals surface area contributed by atoms with Crippen molar-refractivity contribution in [2.45, 2.75) is 45.4 Å². The molecule has 0 saturated carbocycles. The Morgan fingerprint density at radius 2 is 1.56 bits per heavy atom. The molecule has 0 unspecified atom stereocenters. The van der Waals surface area contributed by atoms with Gasteiger partial charge in [0.05, 0.1) is 5.56 Å². The van der Waals surface area contributed by atoms with Gasteiger partial charge in [-0.15, -0.1) is 0 Å². The molecule has 0 atom stereocenters. The first-order chi connectivity index (χ1) is 11.4. The van der Waals surface area contributed by atoms with Gasteiger partial charge in [0, 0.05) is 0 Å². The van der Waals surface area contributed by atoms with Crippen molar-refractivity contribution in [3.8, 4) is 0 Å². The van der Waals surface area contributed by atoms with E-state index in [0.717, 1.165) is 0 Å². The summed E-state index contributed by atoms with van der Waals surface area (Å²) in [5.41, 5.74) is -1.26. The molecule has 3 N–H and O–H groups in total. The molecule has 0 aliphatic rings. The zero-order valence-electron chi connectivity index (χ0n) is 14.6. The first-order valence-electron chi connectivity index (χ1n) is 7.89. The van der Waals surface area contributed by atoms with Crippen LogP contribution < -0.4 is 0 Å². The van der Waals surface area contributed by atoms with Crippen LogP contribution >= 0.6 is 12.6 Å². The maximum Gasteiger partial charge on any atom is 0.335 e. The Morgan fingerprint density at radius 1 is 1.00 bits per heavy atom. The first-order valence-corrected chi connectivity index (χ1v) is 8.52. The lowest BCUT2D eigenvalue weighted by molar-refractivity contribution is -0.165. The largest absolute Gasteiger partial charge is 0.480 e. The van der Waals surface area contributed by atoms with Gasteiger partial charge in [0.2, 0.25) is 0 Å². The highest BCUT2D eigenvalue weighted by atomic mass is 32.1. The van der Waals surface area contributed by atoms with Crippen LogP contribution in [0.1, 0.15) is 55.1 Å². The van der Waals surface area contributed by atoms with Gasteiger partial charge in [0.15, 0.2) is 5.41 Å². The van der Waals surface area contributed by atoms with Crippen LogP contribution in [-0.4, -0.2) is 39.0 Å². The summed E-state index contributed by atoms with van der Waals surface area (Å²) < 4.78 is 0. The molecule has 0 saturated heterocycles. The van der Waals surface area contributed by atoms with Gasteiger partial charge in [-0.1, -0.05) is 26.8 Å². The zero-order valence-corrected chi connectivity index (χ0v) is 15.5. The van der Waals surface area contributed by atoms with E-state index in [1.807, 2.05) is 20.8 Å². The Morgan fingerprint density at radius 3 is 1.96 bits per heavy atom. The first kappa shape index (κ1) is 21.0. The van der Waals surface area contributed by atoms with Crippen molar-refractivity contribution < 1.29 is 29.7 Å². The van der Waals surface area contributed by atoms with Crippen LogP contribution in [0.5, 0.6) is 0 Å². The normalized spacial score (nSPS) is 12.0. The molecule has 6 nitrogen and oxygen atoms in total. The van der Waals surface area contributed by atoms with Gasteiger partial charge in [-0.2, -0.15) is 12.6 Å². The highest BCUT2D eigenvalue weighted by Crippen LogP contribution is 2.33. The zero-order chi connectivity index (χ0) is 19.4. The van der Waals surface area contributed by atoms with Gasteiger partial charge in [0.1, 0.15) is 0 Å². The minimum Gasteiger partial charge on any atom is -0.480 e. The van der Waals surface area contributed by atoms with Crippen molar-refractivity contribution in [3.05, 3.63) is 34.9 Å². The number of carboxylic acids is 3. The average Bonchev–Trinajstić information content (AvgIpc) is 2.49. The monoisotopic (exact) mass is 368 g/mol. The second-order valence-corrected chi connectivity index (χ2v) is 7.62. The molecule has 0 aromatic heterocycles. The van der Waals surface area contributed by atoms with Crippen LogP contribution in [0.25, 0.3) is 0 Å². The minimum atomic E-state index is -2.00. The van der Waals surface area contributed by atoms with Crippen LogP contribution in [0.2, 0.25) is 0 Å². The topological polar surface area (TPSA) is 112 Å². The van der Waals surface area contributed by atoms with Crippen molar-refractivity contribution in [1.82, 2.24) is 0 Å². The third kappa shape index (κ3) is 4.98. The number of carboxylic acid groups (broad SMARTS) is 3. The number of benzene rings is 1. The number of thiol groups is 1. The Hall–Kier alpha value is -2.02. The van der Waals surface area contributed by atoms with Gasteiger partial charge in [-0.25, -0.2) is 4.79 Å². The number of carbonyl (C=O) groups is 3. The maximum atomic E-state index is 11.8. The summed E-state index contributed by atoms with van der Waals surface area (Å²) >= 11 is 4.03. The highest BCUT2D eigenvalue weighted by molar-refractivity contribution is 7.80. The molecular weight excluding hydrogens is 344 g/mol. The van der Waals surface area contributed by atoms with Crippen LogP contribution in [0, 0.1) is 5.41 Å². The molecule has 1 rings (SSSR count). The van der Waals surface area contributed by atoms with Gasteiger partial charge >= 0.3 is 17.9 Å². The van der Waals surface area contributed by atoms with Gasteiger partial charge in [-0.05, 0) is 53.7 Å². The molecule has 0 fully saturated rings. The Kier molecular flexibility index (Phi) is 6.65. The van der Waals surface area contributed by atoms with Gasteiger partial charge in [0.25, 0.3) is 0 Å². The SMILES string of the molecule is CC(C)(C)c1cc(CC(CCCS)(C(=O)O)C(=O)O)cc(C(=O)O)c1. The quantitative estimate of drug-likeness (QED) is 0.414. The average molecular weight is 368 g/mol. The minimum absolute atomic E-state index is 0.0151. The smallest absolute Gasteiger partial charge is 0.335 e. The second kappa shape index (κ2) is 7.91.